The molecule has 1 aromatic heterocycles. The summed E-state index contributed by atoms with van der Waals surface area (Å²) in [6.07, 6.45) is 1.47. The zero-order valence-electron chi connectivity index (χ0n) is 10.8. The van der Waals surface area contributed by atoms with Gasteiger partial charge in [0.05, 0.1) is 18.3 Å². The van der Waals surface area contributed by atoms with Crippen molar-refractivity contribution in [2.75, 3.05) is 20.3 Å². The smallest absolute Gasteiger partial charge is 0.465 e. The van der Waals surface area contributed by atoms with Crippen molar-refractivity contribution >= 4 is 18.7 Å². The maximum absolute atomic E-state index is 11.3. The van der Waals surface area contributed by atoms with Crippen molar-refractivity contribution in [3.8, 4) is 0 Å². The molecule has 2 heterocycles. The molecule has 1 aromatic rings. The van der Waals surface area contributed by atoms with Crippen molar-refractivity contribution in [2.45, 2.75) is 13.8 Å². The Morgan fingerprint density at radius 1 is 1.39 bits per heavy atom. The third-order valence-corrected chi connectivity index (χ3v) is 2.70. The highest BCUT2D eigenvalue weighted by molar-refractivity contribution is 6.60. The minimum absolute atomic E-state index is 0.0302. The van der Waals surface area contributed by atoms with E-state index in [1.807, 2.05) is 0 Å². The summed E-state index contributed by atoms with van der Waals surface area (Å²) >= 11 is 0. The zero-order valence-corrected chi connectivity index (χ0v) is 10.8. The SMILES string of the molecule is COC(=O)c1ccc(B2OCC(C)(C)CO2)nc1. The number of methoxy groups -OCH3 is 1. The van der Waals surface area contributed by atoms with Crippen LogP contribution in [0.4, 0.5) is 0 Å². The topological polar surface area (TPSA) is 57.7 Å². The Balaban J connectivity index is 2.04. The van der Waals surface area contributed by atoms with E-state index in [1.165, 1.54) is 13.3 Å². The van der Waals surface area contributed by atoms with Crippen LogP contribution in [0, 0.1) is 5.41 Å². The molecular weight excluding hydrogens is 233 g/mol. The molecule has 96 valence electrons. The van der Waals surface area contributed by atoms with Gasteiger partial charge in [0.25, 0.3) is 0 Å². The van der Waals surface area contributed by atoms with Gasteiger partial charge >= 0.3 is 13.1 Å². The maximum atomic E-state index is 11.3. The van der Waals surface area contributed by atoms with Gasteiger partial charge in [-0.2, -0.15) is 0 Å². The predicted molar refractivity (Wildman–Crippen MR) is 66.6 cm³/mol. The molecular formula is C12H16BNO4. The summed E-state index contributed by atoms with van der Waals surface area (Å²) < 4.78 is 15.8. The van der Waals surface area contributed by atoms with Crippen LogP contribution in [0.1, 0.15) is 24.2 Å². The summed E-state index contributed by atoms with van der Waals surface area (Å²) in [5.74, 6) is -0.402. The first-order valence-electron chi connectivity index (χ1n) is 5.79. The first-order valence-corrected chi connectivity index (χ1v) is 5.79. The summed E-state index contributed by atoms with van der Waals surface area (Å²) in [6, 6.07) is 3.37. The van der Waals surface area contributed by atoms with Crippen molar-refractivity contribution in [2.24, 2.45) is 5.41 Å². The number of aromatic nitrogens is 1. The van der Waals surface area contributed by atoms with E-state index in [9.17, 15) is 4.79 Å². The second-order valence-corrected chi connectivity index (χ2v) is 5.08. The van der Waals surface area contributed by atoms with E-state index in [2.05, 4.69) is 23.6 Å². The first kappa shape index (κ1) is 13.0. The van der Waals surface area contributed by atoms with E-state index in [-0.39, 0.29) is 5.41 Å². The number of carbonyl (C=O) groups is 1. The van der Waals surface area contributed by atoms with Gasteiger partial charge in [-0.15, -0.1) is 0 Å². The summed E-state index contributed by atoms with van der Waals surface area (Å²) in [5.41, 5.74) is 1.11. The molecule has 0 saturated carbocycles. The Labute approximate surface area is 107 Å². The van der Waals surface area contributed by atoms with Gasteiger partial charge in [0.1, 0.15) is 0 Å². The number of hydrogen-bond acceptors (Lipinski definition) is 5. The van der Waals surface area contributed by atoms with Crippen LogP contribution in [0.3, 0.4) is 0 Å². The molecule has 0 aromatic carbocycles. The fourth-order valence-corrected chi connectivity index (χ4v) is 1.65. The van der Waals surface area contributed by atoms with Crippen LogP contribution in [0.15, 0.2) is 18.3 Å². The summed E-state index contributed by atoms with van der Waals surface area (Å²) in [5, 5.41) is 0. The first-order chi connectivity index (χ1) is 8.52. The molecule has 5 nitrogen and oxygen atoms in total. The third-order valence-electron chi connectivity index (χ3n) is 2.70. The second kappa shape index (κ2) is 5.08. The molecule has 18 heavy (non-hydrogen) atoms. The molecule has 0 amide bonds. The van der Waals surface area contributed by atoms with E-state index in [0.29, 0.717) is 24.4 Å². The molecule has 0 unspecified atom stereocenters. The molecule has 1 aliphatic heterocycles. The number of esters is 1. The average Bonchev–Trinajstić information content (AvgIpc) is 2.38. The molecule has 6 heteroatoms. The average molecular weight is 249 g/mol. The van der Waals surface area contributed by atoms with Gasteiger partial charge in [0.15, 0.2) is 0 Å². The zero-order chi connectivity index (χ0) is 13.2. The molecule has 0 radical (unpaired) electrons. The molecule has 2 rings (SSSR count). The minimum Gasteiger partial charge on any atom is -0.465 e. The molecule has 0 aliphatic carbocycles. The van der Waals surface area contributed by atoms with E-state index < -0.39 is 13.1 Å². The largest absolute Gasteiger partial charge is 0.513 e. The fourth-order valence-electron chi connectivity index (χ4n) is 1.65. The summed E-state index contributed by atoms with van der Waals surface area (Å²) in [6.45, 7) is 5.41. The lowest BCUT2D eigenvalue weighted by Crippen LogP contribution is -2.48. The summed E-state index contributed by atoms with van der Waals surface area (Å²) in [4.78, 5) is 15.4. The van der Waals surface area contributed by atoms with Crippen LogP contribution in [0.2, 0.25) is 0 Å². The number of nitrogens with zero attached hydrogens (tertiary/aromatic N) is 1. The van der Waals surface area contributed by atoms with E-state index >= 15 is 0 Å². The summed E-state index contributed by atoms with van der Waals surface area (Å²) in [7, 11) is 0.885. The normalized spacial score (nSPS) is 18.5. The van der Waals surface area contributed by atoms with Crippen molar-refractivity contribution < 1.29 is 18.8 Å². The Morgan fingerprint density at radius 3 is 2.56 bits per heavy atom. The Morgan fingerprint density at radius 2 is 2.06 bits per heavy atom. The van der Waals surface area contributed by atoms with Gasteiger partial charge in [-0.25, -0.2) is 4.79 Å². The molecule has 1 fully saturated rings. The monoisotopic (exact) mass is 249 g/mol. The van der Waals surface area contributed by atoms with Crippen molar-refractivity contribution in [1.29, 1.82) is 0 Å². The number of rotatable bonds is 2. The Bertz CT molecular complexity index is 422. The highest BCUT2D eigenvalue weighted by atomic mass is 16.6. The lowest BCUT2D eigenvalue weighted by Gasteiger charge is -2.32. The van der Waals surface area contributed by atoms with Crippen LogP contribution in [-0.4, -0.2) is 38.4 Å². The molecule has 0 spiro atoms. The standard InChI is InChI=1S/C12H16BNO4/c1-12(2)7-17-13(18-8-12)10-5-4-9(6-14-10)11(15)16-3/h4-6H,7-8H2,1-3H3. The van der Waals surface area contributed by atoms with Gasteiger partial charge in [-0.1, -0.05) is 13.8 Å². The lowest BCUT2D eigenvalue weighted by molar-refractivity contribution is 0.0339. The van der Waals surface area contributed by atoms with Crippen LogP contribution in [0.25, 0.3) is 0 Å². The third kappa shape index (κ3) is 2.89. The number of ether oxygens (including phenoxy) is 1. The molecule has 0 atom stereocenters. The fraction of sp³-hybridized carbons (Fsp3) is 0.500. The second-order valence-electron chi connectivity index (χ2n) is 5.08. The van der Waals surface area contributed by atoms with Crippen molar-refractivity contribution in [1.82, 2.24) is 4.98 Å². The van der Waals surface area contributed by atoms with Gasteiger partial charge in [0, 0.05) is 24.8 Å². The van der Waals surface area contributed by atoms with Crippen molar-refractivity contribution in [3.05, 3.63) is 23.9 Å². The number of carbonyl (C=O) groups excluding carboxylic acids is 1. The van der Waals surface area contributed by atoms with Crippen LogP contribution in [-0.2, 0) is 14.0 Å². The van der Waals surface area contributed by atoms with Gasteiger partial charge < -0.3 is 14.0 Å². The van der Waals surface area contributed by atoms with Crippen molar-refractivity contribution in [3.63, 3.8) is 0 Å². The van der Waals surface area contributed by atoms with Gasteiger partial charge in [0.2, 0.25) is 0 Å². The Hall–Kier alpha value is -1.40. The Kier molecular flexibility index (Phi) is 3.68. The highest BCUT2D eigenvalue weighted by Crippen LogP contribution is 2.21. The van der Waals surface area contributed by atoms with E-state index in [0.717, 1.165) is 0 Å². The maximum Gasteiger partial charge on any atom is 0.513 e. The van der Waals surface area contributed by atoms with Gasteiger partial charge in [-0.05, 0) is 12.1 Å². The predicted octanol–water partition coefficient (Wildman–Crippen LogP) is 0.636. The quantitative estimate of drug-likeness (QED) is 0.568. The highest BCUT2D eigenvalue weighted by Gasteiger charge is 2.34. The van der Waals surface area contributed by atoms with E-state index in [1.54, 1.807) is 12.1 Å². The van der Waals surface area contributed by atoms with E-state index in [4.69, 9.17) is 9.31 Å². The van der Waals surface area contributed by atoms with Gasteiger partial charge in [-0.3, -0.25) is 4.98 Å². The number of pyridine rings is 1. The molecule has 1 saturated heterocycles. The van der Waals surface area contributed by atoms with Crippen LogP contribution in [0.5, 0.6) is 0 Å². The lowest BCUT2D eigenvalue weighted by atomic mass is 9.79. The number of hydrogen-bond donors (Lipinski definition) is 0. The minimum atomic E-state index is -0.454. The van der Waals surface area contributed by atoms with Crippen LogP contribution >= 0.6 is 0 Å². The molecule has 0 N–H and O–H groups in total. The molecule has 1 aliphatic rings. The molecule has 0 bridgehead atoms. The van der Waals surface area contributed by atoms with Crippen LogP contribution < -0.4 is 5.59 Å².